The van der Waals surface area contributed by atoms with Crippen LogP contribution < -0.4 is 9.47 Å². The fourth-order valence-electron chi connectivity index (χ4n) is 1.76. The molecule has 0 saturated heterocycles. The van der Waals surface area contributed by atoms with Crippen LogP contribution in [0.1, 0.15) is 45.4 Å². The van der Waals surface area contributed by atoms with Crippen molar-refractivity contribution in [2.45, 2.75) is 45.4 Å². The summed E-state index contributed by atoms with van der Waals surface area (Å²) < 4.78 is 11.1. The van der Waals surface area contributed by atoms with Crippen molar-refractivity contribution in [3.05, 3.63) is 24.3 Å². The van der Waals surface area contributed by atoms with Crippen molar-refractivity contribution in [1.29, 1.82) is 0 Å². The van der Waals surface area contributed by atoms with Gasteiger partial charge in [0, 0.05) is 6.42 Å². The van der Waals surface area contributed by atoms with Crippen LogP contribution >= 0.6 is 0 Å². The van der Waals surface area contributed by atoms with Crippen LogP contribution in [0.15, 0.2) is 24.3 Å². The fraction of sp³-hybridized carbons (Fsp3) is 0.562. The summed E-state index contributed by atoms with van der Waals surface area (Å²) in [7, 11) is 0. The molecule has 1 aromatic carbocycles. The molecule has 0 aliphatic rings. The van der Waals surface area contributed by atoms with E-state index in [4.69, 9.17) is 14.6 Å². The lowest BCUT2D eigenvalue weighted by atomic mass is 10.2. The molecule has 0 fully saturated rings. The lowest BCUT2D eigenvalue weighted by molar-refractivity contribution is -0.137. The number of carboxylic acids is 1. The number of rotatable bonds is 11. The maximum Gasteiger partial charge on any atom is 0.303 e. The average molecular weight is 280 g/mol. The monoisotopic (exact) mass is 280 g/mol. The van der Waals surface area contributed by atoms with Gasteiger partial charge in [-0.3, -0.25) is 4.79 Å². The molecule has 0 unspecified atom stereocenters. The summed E-state index contributed by atoms with van der Waals surface area (Å²) >= 11 is 0. The molecule has 1 aromatic rings. The van der Waals surface area contributed by atoms with Gasteiger partial charge in [-0.05, 0) is 37.1 Å². The van der Waals surface area contributed by atoms with Crippen molar-refractivity contribution >= 4 is 5.97 Å². The van der Waals surface area contributed by atoms with Gasteiger partial charge in [-0.2, -0.15) is 0 Å². The molecule has 0 bridgehead atoms. The van der Waals surface area contributed by atoms with Crippen molar-refractivity contribution in [2.24, 2.45) is 0 Å². The molecule has 0 radical (unpaired) electrons. The highest BCUT2D eigenvalue weighted by Gasteiger charge is 1.99. The van der Waals surface area contributed by atoms with Crippen molar-refractivity contribution < 1.29 is 19.4 Å². The highest BCUT2D eigenvalue weighted by atomic mass is 16.5. The number of carboxylic acid groups (broad SMARTS) is 1. The second-order valence-electron chi connectivity index (χ2n) is 4.73. The molecule has 1 N–H and O–H groups in total. The van der Waals surface area contributed by atoms with Gasteiger partial charge in [-0.1, -0.05) is 26.2 Å². The standard InChI is InChI=1S/C16H24O4/c1-2-3-4-5-12-19-14-8-10-15(11-9-14)20-13-6-7-16(17)18/h8-11H,2-7,12-13H2,1H3,(H,17,18). The maximum absolute atomic E-state index is 10.3. The predicted octanol–water partition coefficient (Wildman–Crippen LogP) is 3.89. The summed E-state index contributed by atoms with van der Waals surface area (Å²) in [6.45, 7) is 3.36. The van der Waals surface area contributed by atoms with Gasteiger partial charge in [-0.15, -0.1) is 0 Å². The van der Waals surface area contributed by atoms with Gasteiger partial charge < -0.3 is 14.6 Å². The molecule has 4 nitrogen and oxygen atoms in total. The van der Waals surface area contributed by atoms with E-state index in [0.29, 0.717) is 13.0 Å². The molecule has 0 spiro atoms. The van der Waals surface area contributed by atoms with E-state index in [1.165, 1.54) is 19.3 Å². The van der Waals surface area contributed by atoms with Crippen LogP contribution in [0.2, 0.25) is 0 Å². The number of ether oxygens (including phenoxy) is 2. The topological polar surface area (TPSA) is 55.8 Å². The van der Waals surface area contributed by atoms with Crippen molar-refractivity contribution in [1.82, 2.24) is 0 Å². The Balaban J connectivity index is 2.17. The minimum absolute atomic E-state index is 0.138. The van der Waals surface area contributed by atoms with Crippen LogP contribution in [0.4, 0.5) is 0 Å². The molecule has 0 aliphatic heterocycles. The zero-order valence-electron chi connectivity index (χ0n) is 12.1. The smallest absolute Gasteiger partial charge is 0.303 e. The van der Waals surface area contributed by atoms with E-state index in [1.54, 1.807) is 0 Å². The average Bonchev–Trinajstić information content (AvgIpc) is 2.44. The van der Waals surface area contributed by atoms with E-state index in [1.807, 2.05) is 24.3 Å². The third-order valence-electron chi connectivity index (χ3n) is 2.89. The summed E-state index contributed by atoms with van der Waals surface area (Å²) in [6, 6.07) is 7.46. The molecule has 0 aromatic heterocycles. The number of aliphatic carboxylic acids is 1. The van der Waals surface area contributed by atoms with E-state index in [-0.39, 0.29) is 6.42 Å². The molecule has 0 heterocycles. The molecule has 1 rings (SSSR count). The molecule has 0 amide bonds. The van der Waals surface area contributed by atoms with Gasteiger partial charge in [-0.25, -0.2) is 0 Å². The minimum atomic E-state index is -0.791. The Kier molecular flexibility index (Phi) is 8.27. The first-order valence-electron chi connectivity index (χ1n) is 7.30. The Morgan fingerprint density at radius 2 is 1.50 bits per heavy atom. The fourth-order valence-corrected chi connectivity index (χ4v) is 1.76. The van der Waals surface area contributed by atoms with E-state index < -0.39 is 5.97 Å². The van der Waals surface area contributed by atoms with Gasteiger partial charge >= 0.3 is 5.97 Å². The van der Waals surface area contributed by atoms with Gasteiger partial charge in [0.05, 0.1) is 13.2 Å². The molecule has 0 atom stereocenters. The van der Waals surface area contributed by atoms with Crippen LogP contribution in [-0.4, -0.2) is 24.3 Å². The highest BCUT2D eigenvalue weighted by Crippen LogP contribution is 2.18. The summed E-state index contributed by atoms with van der Waals surface area (Å²) in [5.74, 6) is 0.800. The summed E-state index contributed by atoms with van der Waals surface area (Å²) in [6.07, 6.45) is 5.44. The number of hydrogen-bond donors (Lipinski definition) is 1. The Bertz CT molecular complexity index is 373. The number of benzene rings is 1. The number of hydrogen-bond acceptors (Lipinski definition) is 3. The van der Waals surface area contributed by atoms with Gasteiger partial charge in [0.2, 0.25) is 0 Å². The second kappa shape index (κ2) is 10.1. The highest BCUT2D eigenvalue weighted by molar-refractivity contribution is 5.66. The molecule has 0 saturated carbocycles. The lowest BCUT2D eigenvalue weighted by Gasteiger charge is -2.08. The summed E-state index contributed by atoms with van der Waals surface area (Å²) in [5, 5.41) is 8.51. The van der Waals surface area contributed by atoms with E-state index in [9.17, 15) is 4.79 Å². The second-order valence-corrected chi connectivity index (χ2v) is 4.73. The van der Waals surface area contributed by atoms with Crippen molar-refractivity contribution in [3.63, 3.8) is 0 Å². The first-order valence-corrected chi connectivity index (χ1v) is 7.30. The van der Waals surface area contributed by atoms with Gasteiger partial charge in [0.15, 0.2) is 0 Å². The van der Waals surface area contributed by atoms with E-state index in [2.05, 4.69) is 6.92 Å². The van der Waals surface area contributed by atoms with Crippen LogP contribution in [0, 0.1) is 0 Å². The SMILES string of the molecule is CCCCCCOc1ccc(OCCCC(=O)O)cc1. The summed E-state index contributed by atoms with van der Waals surface area (Å²) in [5.41, 5.74) is 0. The van der Waals surface area contributed by atoms with Crippen LogP contribution in [0.5, 0.6) is 11.5 Å². The third-order valence-corrected chi connectivity index (χ3v) is 2.89. The summed E-state index contributed by atoms with van der Waals surface area (Å²) in [4.78, 5) is 10.3. The normalized spacial score (nSPS) is 10.2. The Morgan fingerprint density at radius 1 is 0.950 bits per heavy atom. The Morgan fingerprint density at radius 3 is 2.00 bits per heavy atom. The minimum Gasteiger partial charge on any atom is -0.494 e. The molecular weight excluding hydrogens is 256 g/mol. The zero-order valence-corrected chi connectivity index (χ0v) is 12.1. The van der Waals surface area contributed by atoms with Crippen LogP contribution in [-0.2, 0) is 4.79 Å². The molecule has 0 aliphatic carbocycles. The number of carbonyl (C=O) groups is 1. The largest absolute Gasteiger partial charge is 0.494 e. The van der Waals surface area contributed by atoms with Crippen molar-refractivity contribution in [3.8, 4) is 11.5 Å². The lowest BCUT2D eigenvalue weighted by Crippen LogP contribution is -2.02. The third kappa shape index (κ3) is 7.67. The number of unbranched alkanes of at least 4 members (excludes halogenated alkanes) is 3. The maximum atomic E-state index is 10.3. The molecule has 4 heteroatoms. The molecular formula is C16H24O4. The molecule has 112 valence electrons. The van der Waals surface area contributed by atoms with Crippen molar-refractivity contribution in [2.75, 3.05) is 13.2 Å². The quantitative estimate of drug-likeness (QED) is 0.625. The van der Waals surface area contributed by atoms with Crippen LogP contribution in [0.3, 0.4) is 0 Å². The first-order chi connectivity index (χ1) is 9.72. The predicted molar refractivity (Wildman–Crippen MR) is 78.4 cm³/mol. The van der Waals surface area contributed by atoms with E-state index in [0.717, 1.165) is 24.5 Å². The first kappa shape index (κ1) is 16.3. The van der Waals surface area contributed by atoms with E-state index >= 15 is 0 Å². The Labute approximate surface area is 120 Å². The zero-order chi connectivity index (χ0) is 14.6. The molecule has 20 heavy (non-hydrogen) atoms. The Hall–Kier alpha value is -1.71. The van der Waals surface area contributed by atoms with Crippen LogP contribution in [0.25, 0.3) is 0 Å². The van der Waals surface area contributed by atoms with Gasteiger partial charge in [0.25, 0.3) is 0 Å². The van der Waals surface area contributed by atoms with Gasteiger partial charge in [0.1, 0.15) is 11.5 Å².